The van der Waals surface area contributed by atoms with Gasteiger partial charge in [-0.2, -0.15) is 0 Å². The molecule has 0 atom stereocenters. The Balaban J connectivity index is 1.58. The van der Waals surface area contributed by atoms with Gasteiger partial charge >= 0.3 is 0 Å². The number of benzene rings is 1. The van der Waals surface area contributed by atoms with E-state index >= 15 is 0 Å². The largest absolute Gasteiger partial charge is 0.376 e. The minimum atomic E-state index is 0.107. The van der Waals surface area contributed by atoms with Gasteiger partial charge < -0.3 is 15.5 Å². The SMILES string of the molecule is Cc1c(NCC(=O)N2CCCCCC2)cccc1NC(=O)C1CC1. The van der Waals surface area contributed by atoms with Gasteiger partial charge in [0.15, 0.2) is 0 Å². The second-order valence-corrected chi connectivity index (χ2v) is 6.89. The molecule has 2 aliphatic rings. The molecule has 1 saturated heterocycles. The van der Waals surface area contributed by atoms with Crippen LogP contribution in [-0.2, 0) is 9.59 Å². The van der Waals surface area contributed by atoms with E-state index in [0.29, 0.717) is 6.54 Å². The van der Waals surface area contributed by atoms with Crippen LogP contribution in [0.15, 0.2) is 18.2 Å². The lowest BCUT2D eigenvalue weighted by molar-refractivity contribution is -0.129. The lowest BCUT2D eigenvalue weighted by Crippen LogP contribution is -2.36. The van der Waals surface area contributed by atoms with E-state index in [1.165, 1.54) is 12.8 Å². The third-order valence-corrected chi connectivity index (χ3v) is 4.93. The lowest BCUT2D eigenvalue weighted by atomic mass is 10.1. The first-order valence-electron chi connectivity index (χ1n) is 9.07. The minimum absolute atomic E-state index is 0.107. The molecule has 1 heterocycles. The molecule has 1 aromatic rings. The van der Waals surface area contributed by atoms with Gasteiger partial charge in [0.25, 0.3) is 0 Å². The molecule has 3 rings (SSSR count). The quantitative estimate of drug-likeness (QED) is 0.872. The van der Waals surface area contributed by atoms with Gasteiger partial charge in [0.2, 0.25) is 11.8 Å². The zero-order valence-corrected chi connectivity index (χ0v) is 14.4. The Morgan fingerprint density at radius 2 is 1.75 bits per heavy atom. The summed E-state index contributed by atoms with van der Waals surface area (Å²) in [5, 5.41) is 6.24. The molecule has 1 aliphatic carbocycles. The van der Waals surface area contributed by atoms with Crippen molar-refractivity contribution in [2.75, 3.05) is 30.3 Å². The first kappa shape index (κ1) is 16.8. The van der Waals surface area contributed by atoms with Gasteiger partial charge in [0.1, 0.15) is 0 Å². The van der Waals surface area contributed by atoms with Crippen molar-refractivity contribution in [3.8, 4) is 0 Å². The van der Waals surface area contributed by atoms with E-state index in [1.54, 1.807) is 0 Å². The summed E-state index contributed by atoms with van der Waals surface area (Å²) >= 11 is 0. The maximum absolute atomic E-state index is 12.4. The van der Waals surface area contributed by atoms with E-state index in [-0.39, 0.29) is 17.7 Å². The Kier molecular flexibility index (Phi) is 5.38. The van der Waals surface area contributed by atoms with E-state index in [0.717, 1.165) is 55.7 Å². The number of hydrogen-bond donors (Lipinski definition) is 2. The normalized spacial score (nSPS) is 18.0. The van der Waals surface area contributed by atoms with Crippen LogP contribution in [0.4, 0.5) is 11.4 Å². The minimum Gasteiger partial charge on any atom is -0.376 e. The Hall–Kier alpha value is -2.04. The second kappa shape index (κ2) is 7.69. The summed E-state index contributed by atoms with van der Waals surface area (Å²) in [5.41, 5.74) is 2.72. The topological polar surface area (TPSA) is 61.4 Å². The summed E-state index contributed by atoms with van der Waals surface area (Å²) in [6.45, 7) is 4.02. The van der Waals surface area contributed by atoms with Gasteiger partial charge in [-0.05, 0) is 50.3 Å². The monoisotopic (exact) mass is 329 g/mol. The first-order valence-corrected chi connectivity index (χ1v) is 9.07. The van der Waals surface area contributed by atoms with Gasteiger partial charge in [0, 0.05) is 30.4 Å². The summed E-state index contributed by atoms with van der Waals surface area (Å²) in [6, 6.07) is 5.78. The van der Waals surface area contributed by atoms with E-state index in [2.05, 4.69) is 10.6 Å². The van der Waals surface area contributed by atoms with Gasteiger partial charge in [0.05, 0.1) is 6.54 Å². The van der Waals surface area contributed by atoms with Gasteiger partial charge in [-0.25, -0.2) is 0 Å². The molecule has 1 aromatic carbocycles. The molecular weight excluding hydrogens is 302 g/mol. The van der Waals surface area contributed by atoms with Gasteiger partial charge in [-0.15, -0.1) is 0 Å². The number of carbonyl (C=O) groups excluding carboxylic acids is 2. The number of rotatable bonds is 5. The molecule has 5 nitrogen and oxygen atoms in total. The lowest BCUT2D eigenvalue weighted by Gasteiger charge is -2.21. The smallest absolute Gasteiger partial charge is 0.241 e. The molecule has 0 aromatic heterocycles. The number of anilines is 2. The van der Waals surface area contributed by atoms with Crippen LogP contribution in [0.3, 0.4) is 0 Å². The van der Waals surface area contributed by atoms with Crippen LogP contribution >= 0.6 is 0 Å². The van der Waals surface area contributed by atoms with Crippen molar-refractivity contribution in [3.63, 3.8) is 0 Å². The fourth-order valence-corrected chi connectivity index (χ4v) is 3.15. The summed E-state index contributed by atoms with van der Waals surface area (Å²) in [5.74, 6) is 0.449. The molecule has 24 heavy (non-hydrogen) atoms. The number of nitrogens with zero attached hydrogens (tertiary/aromatic N) is 1. The number of nitrogens with one attached hydrogen (secondary N) is 2. The third-order valence-electron chi connectivity index (χ3n) is 4.93. The summed E-state index contributed by atoms with van der Waals surface area (Å²) in [6.07, 6.45) is 6.64. The average Bonchev–Trinajstić information content (AvgIpc) is 3.42. The molecule has 1 saturated carbocycles. The number of carbonyl (C=O) groups is 2. The van der Waals surface area contributed by atoms with E-state index in [9.17, 15) is 9.59 Å². The maximum Gasteiger partial charge on any atom is 0.241 e. The predicted molar refractivity (Wildman–Crippen MR) is 96.1 cm³/mol. The summed E-state index contributed by atoms with van der Waals surface area (Å²) in [4.78, 5) is 26.3. The van der Waals surface area contributed by atoms with Crippen LogP contribution in [0.1, 0.15) is 44.1 Å². The third kappa shape index (κ3) is 4.28. The fraction of sp³-hybridized carbons (Fsp3) is 0.579. The van der Waals surface area contributed by atoms with Crippen LogP contribution in [0.25, 0.3) is 0 Å². The standard InChI is InChI=1S/C19H27N3O2/c1-14-16(7-6-8-17(14)21-19(24)15-9-10-15)20-13-18(23)22-11-4-2-3-5-12-22/h6-8,15,20H,2-5,9-13H2,1H3,(H,21,24). The highest BCUT2D eigenvalue weighted by Crippen LogP contribution is 2.31. The van der Waals surface area contributed by atoms with Crippen LogP contribution in [-0.4, -0.2) is 36.3 Å². The average molecular weight is 329 g/mol. The van der Waals surface area contributed by atoms with Crippen molar-refractivity contribution in [1.29, 1.82) is 0 Å². The zero-order chi connectivity index (χ0) is 16.9. The van der Waals surface area contributed by atoms with Gasteiger partial charge in [-0.1, -0.05) is 18.9 Å². The molecule has 130 valence electrons. The summed E-state index contributed by atoms with van der Waals surface area (Å²) in [7, 11) is 0. The number of likely N-dealkylation sites (tertiary alicyclic amines) is 1. The van der Waals surface area contributed by atoms with E-state index in [4.69, 9.17) is 0 Å². The fourth-order valence-electron chi connectivity index (χ4n) is 3.15. The molecule has 1 aliphatic heterocycles. The molecule has 2 amide bonds. The Morgan fingerprint density at radius 3 is 2.42 bits per heavy atom. The molecule has 0 radical (unpaired) electrons. The number of amides is 2. The van der Waals surface area contributed by atoms with Crippen molar-refractivity contribution in [2.45, 2.75) is 45.4 Å². The predicted octanol–water partition coefficient (Wildman–Crippen LogP) is 3.16. The zero-order valence-electron chi connectivity index (χ0n) is 14.4. The van der Waals surface area contributed by atoms with Crippen molar-refractivity contribution in [3.05, 3.63) is 23.8 Å². The van der Waals surface area contributed by atoms with Crippen molar-refractivity contribution >= 4 is 23.2 Å². The van der Waals surface area contributed by atoms with Crippen molar-refractivity contribution in [2.24, 2.45) is 5.92 Å². The molecular formula is C19H27N3O2. The molecule has 2 N–H and O–H groups in total. The van der Waals surface area contributed by atoms with Crippen LogP contribution in [0.5, 0.6) is 0 Å². The molecule has 0 unspecified atom stereocenters. The van der Waals surface area contributed by atoms with Crippen molar-refractivity contribution in [1.82, 2.24) is 4.90 Å². The van der Waals surface area contributed by atoms with Crippen molar-refractivity contribution < 1.29 is 9.59 Å². The second-order valence-electron chi connectivity index (χ2n) is 6.89. The molecule has 5 heteroatoms. The Labute approximate surface area is 143 Å². The van der Waals surface area contributed by atoms with E-state index in [1.807, 2.05) is 30.0 Å². The Morgan fingerprint density at radius 1 is 1.08 bits per heavy atom. The highest BCUT2D eigenvalue weighted by Gasteiger charge is 2.29. The van der Waals surface area contributed by atoms with Gasteiger partial charge in [-0.3, -0.25) is 9.59 Å². The highest BCUT2D eigenvalue weighted by molar-refractivity contribution is 5.95. The van der Waals surface area contributed by atoms with E-state index < -0.39 is 0 Å². The molecule has 0 spiro atoms. The number of hydrogen-bond acceptors (Lipinski definition) is 3. The first-order chi connectivity index (χ1) is 11.6. The molecule has 2 fully saturated rings. The maximum atomic E-state index is 12.4. The Bertz CT molecular complexity index is 603. The highest BCUT2D eigenvalue weighted by atomic mass is 16.2. The summed E-state index contributed by atoms with van der Waals surface area (Å²) < 4.78 is 0. The molecule has 0 bridgehead atoms. The van der Waals surface area contributed by atoms with Crippen LogP contribution < -0.4 is 10.6 Å². The van der Waals surface area contributed by atoms with Crippen LogP contribution in [0.2, 0.25) is 0 Å². The van der Waals surface area contributed by atoms with Crippen LogP contribution in [0, 0.1) is 12.8 Å².